The van der Waals surface area contributed by atoms with E-state index < -0.39 is 6.10 Å². The SMILES string of the molecule is CCCCCn1c(=O)c2c(nc(Cc3ccccc3)n2CCNCC(O)CC)n(CCc2ccccc2N)c1=O. The lowest BCUT2D eigenvalue weighted by molar-refractivity contribution is 0.167. The molecule has 0 saturated carbocycles. The highest BCUT2D eigenvalue weighted by atomic mass is 16.3. The number of imidazole rings is 1. The van der Waals surface area contributed by atoms with Gasteiger partial charge < -0.3 is 20.7 Å². The molecule has 0 spiro atoms. The molecule has 0 radical (unpaired) electrons. The standard InChI is InChI=1S/C31H42N6O3/c1-3-5-11-18-37-30(39)28-29(36(31(37)40)19-16-24-14-9-10-15-26(24)32)34-27(21-23-12-7-6-8-13-23)35(28)20-17-33-22-25(38)4-2/h6-10,12-15,25,33,38H,3-5,11,16-22,32H2,1-2H3. The number of aliphatic hydroxyl groups is 1. The van der Waals surface area contributed by atoms with Crippen LogP contribution in [0.4, 0.5) is 5.69 Å². The van der Waals surface area contributed by atoms with Crippen LogP contribution in [-0.2, 0) is 32.5 Å². The van der Waals surface area contributed by atoms with Crippen molar-refractivity contribution in [2.45, 2.75) is 78.1 Å². The lowest BCUT2D eigenvalue weighted by atomic mass is 10.1. The summed E-state index contributed by atoms with van der Waals surface area (Å²) in [4.78, 5) is 32.6. The van der Waals surface area contributed by atoms with Gasteiger partial charge in [0.15, 0.2) is 11.2 Å². The maximum Gasteiger partial charge on any atom is 0.332 e. The molecule has 2 aromatic carbocycles. The highest BCUT2D eigenvalue weighted by Gasteiger charge is 2.22. The van der Waals surface area contributed by atoms with Crippen LogP contribution in [0.5, 0.6) is 0 Å². The van der Waals surface area contributed by atoms with Gasteiger partial charge in [0.1, 0.15) is 5.82 Å². The zero-order valence-corrected chi connectivity index (χ0v) is 23.7. The minimum Gasteiger partial charge on any atom is -0.399 e. The summed E-state index contributed by atoms with van der Waals surface area (Å²) in [6.07, 6.45) is 4.01. The average molecular weight is 547 g/mol. The number of benzene rings is 2. The van der Waals surface area contributed by atoms with Crippen molar-refractivity contribution in [3.63, 3.8) is 0 Å². The van der Waals surface area contributed by atoms with Crippen molar-refractivity contribution in [1.29, 1.82) is 0 Å². The first kappa shape index (κ1) is 29.3. The second-order valence-corrected chi connectivity index (χ2v) is 10.3. The fourth-order valence-electron chi connectivity index (χ4n) is 5.01. The minimum absolute atomic E-state index is 0.299. The van der Waals surface area contributed by atoms with Gasteiger partial charge in [-0.05, 0) is 36.5 Å². The molecule has 9 heteroatoms. The smallest absolute Gasteiger partial charge is 0.332 e. The number of anilines is 1. The first-order valence-corrected chi connectivity index (χ1v) is 14.4. The molecular formula is C31H42N6O3. The summed E-state index contributed by atoms with van der Waals surface area (Å²) in [5, 5.41) is 13.3. The maximum atomic E-state index is 13.9. The Hall–Kier alpha value is -3.69. The third-order valence-corrected chi connectivity index (χ3v) is 7.41. The van der Waals surface area contributed by atoms with Crippen LogP contribution < -0.4 is 22.3 Å². The third-order valence-electron chi connectivity index (χ3n) is 7.41. The molecule has 0 aliphatic heterocycles. The van der Waals surface area contributed by atoms with Crippen LogP contribution in [0.15, 0.2) is 64.2 Å². The highest BCUT2D eigenvalue weighted by molar-refractivity contribution is 5.71. The molecule has 0 fully saturated rings. The first-order chi connectivity index (χ1) is 19.4. The van der Waals surface area contributed by atoms with E-state index in [1.165, 1.54) is 4.57 Å². The van der Waals surface area contributed by atoms with Crippen molar-refractivity contribution < 1.29 is 5.11 Å². The zero-order chi connectivity index (χ0) is 28.5. The molecule has 0 saturated heterocycles. The van der Waals surface area contributed by atoms with E-state index in [0.29, 0.717) is 68.8 Å². The zero-order valence-electron chi connectivity index (χ0n) is 23.7. The molecule has 4 rings (SSSR count). The number of hydrogen-bond acceptors (Lipinski definition) is 6. The Kier molecular flexibility index (Phi) is 10.3. The average Bonchev–Trinajstić information content (AvgIpc) is 3.31. The van der Waals surface area contributed by atoms with E-state index in [9.17, 15) is 14.7 Å². The van der Waals surface area contributed by atoms with Gasteiger partial charge in [0.05, 0.1) is 6.10 Å². The number of para-hydroxylation sites is 1. The summed E-state index contributed by atoms with van der Waals surface area (Å²) in [5.74, 6) is 0.731. The Bertz CT molecular complexity index is 1510. The van der Waals surface area contributed by atoms with Gasteiger partial charge in [-0.25, -0.2) is 9.78 Å². The second-order valence-electron chi connectivity index (χ2n) is 10.3. The van der Waals surface area contributed by atoms with E-state index in [4.69, 9.17) is 10.7 Å². The van der Waals surface area contributed by atoms with Crippen molar-refractivity contribution in [2.75, 3.05) is 18.8 Å². The molecule has 1 unspecified atom stereocenters. The molecule has 0 aliphatic carbocycles. The summed E-state index contributed by atoms with van der Waals surface area (Å²) in [5.41, 5.74) is 9.13. The number of aliphatic hydroxyl groups excluding tert-OH is 1. The van der Waals surface area contributed by atoms with Crippen LogP contribution >= 0.6 is 0 Å². The predicted octanol–water partition coefficient (Wildman–Crippen LogP) is 3.33. The van der Waals surface area contributed by atoms with Crippen molar-refractivity contribution in [3.05, 3.63) is 92.4 Å². The van der Waals surface area contributed by atoms with E-state index in [-0.39, 0.29) is 11.2 Å². The number of aromatic nitrogens is 4. The van der Waals surface area contributed by atoms with Crippen molar-refractivity contribution in [3.8, 4) is 0 Å². The quantitative estimate of drug-likeness (QED) is 0.155. The Morgan fingerprint density at radius 2 is 1.68 bits per heavy atom. The fourth-order valence-corrected chi connectivity index (χ4v) is 5.01. The van der Waals surface area contributed by atoms with E-state index >= 15 is 0 Å². The molecule has 2 aromatic heterocycles. The molecule has 4 aromatic rings. The van der Waals surface area contributed by atoms with E-state index in [1.807, 2.05) is 66.1 Å². The van der Waals surface area contributed by atoms with Gasteiger partial charge in [-0.15, -0.1) is 0 Å². The number of fused-ring (bicyclic) bond motifs is 1. The van der Waals surface area contributed by atoms with Crippen LogP contribution in [0.1, 0.15) is 56.5 Å². The van der Waals surface area contributed by atoms with Gasteiger partial charge in [-0.2, -0.15) is 0 Å². The highest BCUT2D eigenvalue weighted by Crippen LogP contribution is 2.18. The lowest BCUT2D eigenvalue weighted by Crippen LogP contribution is -2.41. The number of nitrogens with one attached hydrogen (secondary N) is 1. The van der Waals surface area contributed by atoms with Gasteiger partial charge in [0.2, 0.25) is 0 Å². The largest absolute Gasteiger partial charge is 0.399 e. The number of unbranched alkanes of at least 4 members (excludes halogenated alkanes) is 2. The number of nitrogen functional groups attached to an aromatic ring is 1. The molecule has 4 N–H and O–H groups in total. The van der Waals surface area contributed by atoms with Gasteiger partial charge in [0.25, 0.3) is 5.56 Å². The second kappa shape index (κ2) is 14.1. The first-order valence-electron chi connectivity index (χ1n) is 14.4. The number of nitrogens with zero attached hydrogens (tertiary/aromatic N) is 4. The summed E-state index contributed by atoms with van der Waals surface area (Å²) in [6, 6.07) is 17.7. The van der Waals surface area contributed by atoms with E-state index in [0.717, 1.165) is 36.2 Å². The molecule has 40 heavy (non-hydrogen) atoms. The minimum atomic E-state index is -0.422. The topological polar surface area (TPSA) is 120 Å². The Morgan fingerprint density at radius 3 is 2.40 bits per heavy atom. The molecular weight excluding hydrogens is 504 g/mol. The molecule has 1 atom stereocenters. The Labute approximate surface area is 235 Å². The van der Waals surface area contributed by atoms with Crippen molar-refractivity contribution >= 4 is 16.9 Å². The summed E-state index contributed by atoms with van der Waals surface area (Å²) >= 11 is 0. The van der Waals surface area contributed by atoms with E-state index in [1.54, 1.807) is 4.57 Å². The number of hydrogen-bond donors (Lipinski definition) is 3. The van der Waals surface area contributed by atoms with Crippen molar-refractivity contribution in [1.82, 2.24) is 24.0 Å². The molecule has 0 bridgehead atoms. The lowest BCUT2D eigenvalue weighted by Gasteiger charge is -2.14. The Morgan fingerprint density at radius 1 is 0.925 bits per heavy atom. The van der Waals surface area contributed by atoms with Crippen LogP contribution in [0, 0.1) is 0 Å². The Balaban J connectivity index is 1.82. The number of nitrogens with two attached hydrogens (primary N) is 1. The summed E-state index contributed by atoms with van der Waals surface area (Å²) in [6.45, 7) is 6.29. The normalized spacial score (nSPS) is 12.3. The summed E-state index contributed by atoms with van der Waals surface area (Å²) < 4.78 is 4.98. The van der Waals surface area contributed by atoms with Crippen molar-refractivity contribution in [2.24, 2.45) is 0 Å². The predicted molar refractivity (Wildman–Crippen MR) is 161 cm³/mol. The molecule has 0 amide bonds. The monoisotopic (exact) mass is 546 g/mol. The van der Waals surface area contributed by atoms with Crippen LogP contribution in [0.25, 0.3) is 11.2 Å². The maximum absolute atomic E-state index is 13.9. The molecule has 214 valence electrons. The van der Waals surface area contributed by atoms with Crippen LogP contribution in [0.2, 0.25) is 0 Å². The van der Waals surface area contributed by atoms with Gasteiger partial charge in [-0.3, -0.25) is 13.9 Å². The van der Waals surface area contributed by atoms with Crippen LogP contribution in [-0.4, -0.2) is 43.0 Å². The fraction of sp³-hybridized carbons (Fsp3) is 0.452. The summed E-state index contributed by atoms with van der Waals surface area (Å²) in [7, 11) is 0. The van der Waals surface area contributed by atoms with Crippen LogP contribution in [0.3, 0.4) is 0 Å². The van der Waals surface area contributed by atoms with Gasteiger partial charge >= 0.3 is 5.69 Å². The van der Waals surface area contributed by atoms with Gasteiger partial charge in [-0.1, -0.05) is 75.2 Å². The van der Waals surface area contributed by atoms with Gasteiger partial charge in [0, 0.05) is 44.8 Å². The molecule has 9 nitrogen and oxygen atoms in total. The van der Waals surface area contributed by atoms with E-state index in [2.05, 4.69) is 12.2 Å². The third kappa shape index (κ3) is 6.89. The number of aryl methyl sites for hydroxylation is 2. The molecule has 2 heterocycles. The molecule has 0 aliphatic rings. The number of rotatable bonds is 15.